The van der Waals surface area contributed by atoms with E-state index in [4.69, 9.17) is 4.74 Å². The van der Waals surface area contributed by atoms with Crippen LogP contribution in [-0.2, 0) is 0 Å². The first-order valence-corrected chi connectivity index (χ1v) is 7.10. The van der Waals surface area contributed by atoms with E-state index in [0.29, 0.717) is 6.04 Å². The summed E-state index contributed by atoms with van der Waals surface area (Å²) in [5, 5.41) is 3.63. The summed E-state index contributed by atoms with van der Waals surface area (Å²) < 4.78 is 5.53. The predicted molar refractivity (Wildman–Crippen MR) is 78.3 cm³/mol. The lowest BCUT2D eigenvalue weighted by Gasteiger charge is -2.21. The standard InChI is InChI=1S/C16H27NO/c1-5-7-8-15(17-11-6-2)14-10-9-13(3)12-16(14)18-4/h9-10,12,15,17H,5-8,11H2,1-4H3. The molecule has 0 bridgehead atoms. The fourth-order valence-corrected chi connectivity index (χ4v) is 2.20. The van der Waals surface area contributed by atoms with Crippen LogP contribution in [0, 0.1) is 6.92 Å². The second kappa shape index (κ2) is 8.15. The maximum absolute atomic E-state index is 5.53. The average Bonchev–Trinajstić information content (AvgIpc) is 2.39. The smallest absolute Gasteiger partial charge is 0.123 e. The Morgan fingerprint density at radius 3 is 2.61 bits per heavy atom. The highest BCUT2D eigenvalue weighted by atomic mass is 16.5. The fourth-order valence-electron chi connectivity index (χ4n) is 2.20. The van der Waals surface area contributed by atoms with Crippen LogP contribution in [0.1, 0.15) is 56.7 Å². The monoisotopic (exact) mass is 249 g/mol. The molecular weight excluding hydrogens is 222 g/mol. The Balaban J connectivity index is 2.88. The fraction of sp³-hybridized carbons (Fsp3) is 0.625. The quantitative estimate of drug-likeness (QED) is 0.744. The van der Waals surface area contributed by atoms with Gasteiger partial charge in [0, 0.05) is 11.6 Å². The molecule has 1 rings (SSSR count). The van der Waals surface area contributed by atoms with E-state index < -0.39 is 0 Å². The zero-order valence-corrected chi connectivity index (χ0v) is 12.3. The molecule has 0 amide bonds. The van der Waals surface area contributed by atoms with Gasteiger partial charge in [-0.2, -0.15) is 0 Å². The first-order valence-electron chi connectivity index (χ1n) is 7.10. The highest BCUT2D eigenvalue weighted by Crippen LogP contribution is 2.29. The molecular formula is C16H27NO. The molecule has 0 fully saturated rings. The molecule has 102 valence electrons. The highest BCUT2D eigenvalue weighted by Gasteiger charge is 2.14. The lowest BCUT2D eigenvalue weighted by Crippen LogP contribution is -2.22. The lowest BCUT2D eigenvalue weighted by molar-refractivity contribution is 0.392. The number of unbranched alkanes of at least 4 members (excludes halogenated alkanes) is 1. The van der Waals surface area contributed by atoms with Gasteiger partial charge in [-0.1, -0.05) is 38.8 Å². The van der Waals surface area contributed by atoms with Gasteiger partial charge in [-0.25, -0.2) is 0 Å². The van der Waals surface area contributed by atoms with E-state index in [1.807, 2.05) is 0 Å². The molecule has 18 heavy (non-hydrogen) atoms. The number of hydrogen-bond donors (Lipinski definition) is 1. The van der Waals surface area contributed by atoms with Crippen LogP contribution in [0.3, 0.4) is 0 Å². The maximum Gasteiger partial charge on any atom is 0.123 e. The largest absolute Gasteiger partial charge is 0.496 e. The predicted octanol–water partition coefficient (Wildman–Crippen LogP) is 4.23. The normalized spacial score (nSPS) is 12.4. The summed E-state index contributed by atoms with van der Waals surface area (Å²) in [7, 11) is 1.76. The number of aryl methyl sites for hydroxylation is 1. The molecule has 0 saturated heterocycles. The number of hydrogen-bond acceptors (Lipinski definition) is 2. The Kier molecular flexibility index (Phi) is 6.81. The molecule has 0 spiro atoms. The van der Waals surface area contributed by atoms with E-state index in [0.717, 1.165) is 18.7 Å². The summed E-state index contributed by atoms with van der Waals surface area (Å²) in [6.07, 6.45) is 4.82. The minimum atomic E-state index is 0.417. The van der Waals surface area contributed by atoms with Crippen molar-refractivity contribution in [1.29, 1.82) is 0 Å². The Morgan fingerprint density at radius 2 is 2.00 bits per heavy atom. The molecule has 0 aromatic heterocycles. The first-order chi connectivity index (χ1) is 8.72. The van der Waals surface area contributed by atoms with E-state index in [1.165, 1.54) is 30.4 Å². The summed E-state index contributed by atoms with van der Waals surface area (Å²) >= 11 is 0. The molecule has 0 radical (unpaired) electrons. The van der Waals surface area contributed by atoms with Gasteiger partial charge in [0.1, 0.15) is 5.75 Å². The molecule has 0 heterocycles. The molecule has 0 aliphatic carbocycles. The Hall–Kier alpha value is -1.02. The van der Waals surface area contributed by atoms with Gasteiger partial charge in [0.15, 0.2) is 0 Å². The van der Waals surface area contributed by atoms with Crippen LogP contribution in [0.5, 0.6) is 5.75 Å². The Morgan fingerprint density at radius 1 is 1.22 bits per heavy atom. The highest BCUT2D eigenvalue weighted by molar-refractivity contribution is 5.39. The Bertz CT molecular complexity index is 341. The van der Waals surface area contributed by atoms with Crippen LogP contribution >= 0.6 is 0 Å². The van der Waals surface area contributed by atoms with Crippen LogP contribution in [0.4, 0.5) is 0 Å². The van der Waals surface area contributed by atoms with Gasteiger partial charge < -0.3 is 10.1 Å². The van der Waals surface area contributed by atoms with Gasteiger partial charge in [0.25, 0.3) is 0 Å². The van der Waals surface area contributed by atoms with Gasteiger partial charge in [0.05, 0.1) is 7.11 Å². The zero-order chi connectivity index (χ0) is 13.4. The molecule has 0 aliphatic rings. The number of rotatable bonds is 8. The second-order valence-electron chi connectivity index (χ2n) is 4.89. The summed E-state index contributed by atoms with van der Waals surface area (Å²) in [4.78, 5) is 0. The van der Waals surface area contributed by atoms with Crippen molar-refractivity contribution in [3.63, 3.8) is 0 Å². The van der Waals surface area contributed by atoms with Gasteiger partial charge in [-0.15, -0.1) is 0 Å². The van der Waals surface area contributed by atoms with Crippen molar-refractivity contribution in [1.82, 2.24) is 5.32 Å². The van der Waals surface area contributed by atoms with Crippen LogP contribution < -0.4 is 10.1 Å². The summed E-state index contributed by atoms with van der Waals surface area (Å²) in [6.45, 7) is 7.61. The number of methoxy groups -OCH3 is 1. The Labute approximate surface area is 112 Å². The number of ether oxygens (including phenoxy) is 1. The topological polar surface area (TPSA) is 21.3 Å². The molecule has 1 aromatic carbocycles. The van der Waals surface area contributed by atoms with E-state index in [9.17, 15) is 0 Å². The molecule has 2 heteroatoms. The van der Waals surface area contributed by atoms with Crippen molar-refractivity contribution in [2.75, 3.05) is 13.7 Å². The lowest BCUT2D eigenvalue weighted by atomic mass is 9.98. The van der Waals surface area contributed by atoms with Crippen molar-refractivity contribution < 1.29 is 4.74 Å². The molecule has 0 saturated carbocycles. The molecule has 1 unspecified atom stereocenters. The number of benzene rings is 1. The van der Waals surface area contributed by atoms with Crippen LogP contribution in [0.2, 0.25) is 0 Å². The van der Waals surface area contributed by atoms with Crippen LogP contribution in [-0.4, -0.2) is 13.7 Å². The summed E-state index contributed by atoms with van der Waals surface area (Å²) in [5.41, 5.74) is 2.55. The molecule has 1 atom stereocenters. The van der Waals surface area contributed by atoms with Crippen LogP contribution in [0.15, 0.2) is 18.2 Å². The van der Waals surface area contributed by atoms with E-state index in [2.05, 4.69) is 44.3 Å². The molecule has 0 aliphatic heterocycles. The van der Waals surface area contributed by atoms with Gasteiger partial charge in [0.2, 0.25) is 0 Å². The van der Waals surface area contributed by atoms with Crippen molar-refractivity contribution >= 4 is 0 Å². The summed E-state index contributed by atoms with van der Waals surface area (Å²) in [6, 6.07) is 6.92. The third-order valence-electron chi connectivity index (χ3n) is 3.25. The SMILES string of the molecule is CCCCC(NCCC)c1ccc(C)cc1OC. The minimum absolute atomic E-state index is 0.417. The maximum atomic E-state index is 5.53. The van der Waals surface area contributed by atoms with Crippen molar-refractivity contribution in [3.8, 4) is 5.75 Å². The second-order valence-corrected chi connectivity index (χ2v) is 4.89. The van der Waals surface area contributed by atoms with Gasteiger partial charge in [-0.05, 0) is 37.9 Å². The van der Waals surface area contributed by atoms with Gasteiger partial charge in [-0.3, -0.25) is 0 Å². The van der Waals surface area contributed by atoms with Crippen LogP contribution in [0.25, 0.3) is 0 Å². The third-order valence-corrected chi connectivity index (χ3v) is 3.25. The number of nitrogens with one attached hydrogen (secondary N) is 1. The van der Waals surface area contributed by atoms with Crippen molar-refractivity contribution in [2.24, 2.45) is 0 Å². The average molecular weight is 249 g/mol. The first kappa shape index (κ1) is 15.0. The van der Waals surface area contributed by atoms with Crippen molar-refractivity contribution in [2.45, 2.75) is 52.5 Å². The zero-order valence-electron chi connectivity index (χ0n) is 12.3. The van der Waals surface area contributed by atoms with E-state index >= 15 is 0 Å². The van der Waals surface area contributed by atoms with E-state index in [-0.39, 0.29) is 0 Å². The molecule has 1 aromatic rings. The van der Waals surface area contributed by atoms with Gasteiger partial charge >= 0.3 is 0 Å². The summed E-state index contributed by atoms with van der Waals surface area (Å²) in [5.74, 6) is 1.01. The molecule has 2 nitrogen and oxygen atoms in total. The minimum Gasteiger partial charge on any atom is -0.496 e. The van der Waals surface area contributed by atoms with E-state index in [1.54, 1.807) is 7.11 Å². The third kappa shape index (κ3) is 4.34. The van der Waals surface area contributed by atoms with Crippen molar-refractivity contribution in [3.05, 3.63) is 29.3 Å². The molecule has 1 N–H and O–H groups in total.